The van der Waals surface area contributed by atoms with E-state index in [1.54, 1.807) is 6.07 Å². The summed E-state index contributed by atoms with van der Waals surface area (Å²) < 4.78 is 5.58. The van der Waals surface area contributed by atoms with Crippen LogP contribution in [0.1, 0.15) is 37.3 Å². The molecule has 2 unspecified atom stereocenters. The first-order chi connectivity index (χ1) is 8.16. The third-order valence-corrected chi connectivity index (χ3v) is 3.93. The average molecular weight is 274 g/mol. The number of rotatable bonds is 4. The van der Waals surface area contributed by atoms with Crippen LogP contribution >= 0.6 is 23.2 Å². The molecule has 2 atom stereocenters. The SMILES string of the molecule is NC(CCC1CCCO1)c1ccc(Cl)c(Cl)c1. The topological polar surface area (TPSA) is 35.2 Å². The maximum absolute atomic E-state index is 6.13. The van der Waals surface area contributed by atoms with Gasteiger partial charge in [0, 0.05) is 12.6 Å². The molecule has 17 heavy (non-hydrogen) atoms. The summed E-state index contributed by atoms with van der Waals surface area (Å²) >= 11 is 11.8. The monoisotopic (exact) mass is 273 g/mol. The molecule has 0 bridgehead atoms. The van der Waals surface area contributed by atoms with Crippen molar-refractivity contribution in [3.8, 4) is 0 Å². The van der Waals surface area contributed by atoms with Crippen molar-refractivity contribution in [2.24, 2.45) is 5.73 Å². The lowest BCUT2D eigenvalue weighted by Crippen LogP contribution is -2.14. The van der Waals surface area contributed by atoms with Gasteiger partial charge in [-0.2, -0.15) is 0 Å². The van der Waals surface area contributed by atoms with Gasteiger partial charge >= 0.3 is 0 Å². The summed E-state index contributed by atoms with van der Waals surface area (Å²) in [5.41, 5.74) is 7.17. The number of hydrogen-bond donors (Lipinski definition) is 1. The molecule has 1 fully saturated rings. The summed E-state index contributed by atoms with van der Waals surface area (Å²) in [5, 5.41) is 1.14. The van der Waals surface area contributed by atoms with E-state index in [4.69, 9.17) is 33.7 Å². The van der Waals surface area contributed by atoms with E-state index < -0.39 is 0 Å². The smallest absolute Gasteiger partial charge is 0.0595 e. The molecule has 1 aliphatic heterocycles. The lowest BCUT2D eigenvalue weighted by atomic mass is 10.0. The molecule has 1 aromatic rings. The molecule has 0 saturated carbocycles. The molecule has 0 spiro atoms. The second-order valence-electron chi connectivity index (χ2n) is 4.49. The highest BCUT2D eigenvalue weighted by atomic mass is 35.5. The number of nitrogens with two attached hydrogens (primary N) is 1. The lowest BCUT2D eigenvalue weighted by Gasteiger charge is -2.15. The van der Waals surface area contributed by atoms with Crippen molar-refractivity contribution in [2.75, 3.05) is 6.61 Å². The van der Waals surface area contributed by atoms with Crippen LogP contribution in [0.25, 0.3) is 0 Å². The molecule has 0 radical (unpaired) electrons. The third-order valence-electron chi connectivity index (χ3n) is 3.20. The molecule has 4 heteroatoms. The molecule has 1 heterocycles. The Bertz CT molecular complexity index is 378. The van der Waals surface area contributed by atoms with Gasteiger partial charge in [-0.05, 0) is 43.4 Å². The van der Waals surface area contributed by atoms with Gasteiger partial charge in [0.05, 0.1) is 16.1 Å². The van der Waals surface area contributed by atoms with E-state index in [2.05, 4.69) is 0 Å². The van der Waals surface area contributed by atoms with Gasteiger partial charge in [-0.1, -0.05) is 29.3 Å². The molecular weight excluding hydrogens is 257 g/mol. The standard InChI is InChI=1S/C13H17Cl2NO/c14-11-5-3-9(8-12(11)15)13(16)6-4-10-2-1-7-17-10/h3,5,8,10,13H,1-2,4,6-7,16H2. The Morgan fingerprint density at radius 2 is 2.18 bits per heavy atom. The Kier molecular flexibility index (Phi) is 4.69. The first kappa shape index (κ1) is 13.2. The minimum atomic E-state index is 0.00830. The maximum atomic E-state index is 6.13. The summed E-state index contributed by atoms with van der Waals surface area (Å²) in [6.07, 6.45) is 4.66. The Morgan fingerprint density at radius 3 is 2.82 bits per heavy atom. The number of halogens is 2. The molecule has 94 valence electrons. The second kappa shape index (κ2) is 6.05. The number of hydrogen-bond acceptors (Lipinski definition) is 2. The Hall–Kier alpha value is -0.280. The second-order valence-corrected chi connectivity index (χ2v) is 5.31. The van der Waals surface area contributed by atoms with E-state index in [0.29, 0.717) is 16.1 Å². The van der Waals surface area contributed by atoms with E-state index in [9.17, 15) is 0 Å². The fourth-order valence-electron chi connectivity index (χ4n) is 2.15. The first-order valence-electron chi connectivity index (χ1n) is 5.99. The van der Waals surface area contributed by atoms with Crippen molar-refractivity contribution < 1.29 is 4.74 Å². The predicted molar refractivity (Wildman–Crippen MR) is 71.6 cm³/mol. The van der Waals surface area contributed by atoms with Gasteiger partial charge in [0.15, 0.2) is 0 Å². The zero-order chi connectivity index (χ0) is 12.3. The van der Waals surface area contributed by atoms with Gasteiger partial charge in [0.25, 0.3) is 0 Å². The summed E-state index contributed by atoms with van der Waals surface area (Å²) in [6, 6.07) is 5.60. The van der Waals surface area contributed by atoms with E-state index >= 15 is 0 Å². The average Bonchev–Trinajstić information content (AvgIpc) is 2.82. The van der Waals surface area contributed by atoms with Crippen LogP contribution in [0.4, 0.5) is 0 Å². The van der Waals surface area contributed by atoms with Gasteiger partial charge < -0.3 is 10.5 Å². The van der Waals surface area contributed by atoms with Crippen molar-refractivity contribution >= 4 is 23.2 Å². The molecule has 2 N–H and O–H groups in total. The highest BCUT2D eigenvalue weighted by molar-refractivity contribution is 6.42. The van der Waals surface area contributed by atoms with Gasteiger partial charge in [0.2, 0.25) is 0 Å². The van der Waals surface area contributed by atoms with Crippen LogP contribution in [0.15, 0.2) is 18.2 Å². The summed E-state index contributed by atoms with van der Waals surface area (Å²) in [5.74, 6) is 0. The Morgan fingerprint density at radius 1 is 1.35 bits per heavy atom. The van der Waals surface area contributed by atoms with Crippen LogP contribution in [-0.4, -0.2) is 12.7 Å². The van der Waals surface area contributed by atoms with Crippen LogP contribution in [0.2, 0.25) is 10.0 Å². The van der Waals surface area contributed by atoms with Gasteiger partial charge in [-0.25, -0.2) is 0 Å². The fourth-order valence-corrected chi connectivity index (χ4v) is 2.45. The first-order valence-corrected chi connectivity index (χ1v) is 6.74. The van der Waals surface area contributed by atoms with Crippen LogP contribution in [-0.2, 0) is 4.74 Å². The molecular formula is C13H17Cl2NO. The van der Waals surface area contributed by atoms with Crippen molar-refractivity contribution in [3.63, 3.8) is 0 Å². The van der Waals surface area contributed by atoms with Crippen LogP contribution in [0.5, 0.6) is 0 Å². The summed E-state index contributed by atoms with van der Waals surface area (Å²) in [4.78, 5) is 0. The Labute approximate surface area is 112 Å². The van der Waals surface area contributed by atoms with Gasteiger partial charge in [-0.3, -0.25) is 0 Å². The molecule has 1 aliphatic rings. The van der Waals surface area contributed by atoms with E-state index in [1.165, 1.54) is 6.42 Å². The van der Waals surface area contributed by atoms with Crippen molar-refractivity contribution in [2.45, 2.75) is 37.8 Å². The third kappa shape index (κ3) is 3.59. The van der Waals surface area contributed by atoms with Crippen LogP contribution in [0, 0.1) is 0 Å². The number of ether oxygens (including phenoxy) is 1. The number of benzene rings is 1. The van der Waals surface area contributed by atoms with Gasteiger partial charge in [-0.15, -0.1) is 0 Å². The zero-order valence-electron chi connectivity index (χ0n) is 9.66. The molecule has 1 aromatic carbocycles. The molecule has 0 aliphatic carbocycles. The molecule has 1 saturated heterocycles. The minimum absolute atomic E-state index is 0.00830. The largest absolute Gasteiger partial charge is 0.378 e. The minimum Gasteiger partial charge on any atom is -0.378 e. The van der Waals surface area contributed by atoms with Crippen LogP contribution in [0.3, 0.4) is 0 Å². The van der Waals surface area contributed by atoms with Gasteiger partial charge in [0.1, 0.15) is 0 Å². The molecule has 2 nitrogen and oxygen atoms in total. The van der Waals surface area contributed by atoms with E-state index in [0.717, 1.165) is 31.4 Å². The molecule has 0 aromatic heterocycles. The summed E-state index contributed by atoms with van der Waals surface area (Å²) in [6.45, 7) is 0.896. The molecule has 0 amide bonds. The van der Waals surface area contributed by atoms with Crippen LogP contribution < -0.4 is 5.73 Å². The van der Waals surface area contributed by atoms with Crippen molar-refractivity contribution in [1.29, 1.82) is 0 Å². The Balaban J connectivity index is 1.89. The van der Waals surface area contributed by atoms with Crippen molar-refractivity contribution in [1.82, 2.24) is 0 Å². The zero-order valence-corrected chi connectivity index (χ0v) is 11.2. The van der Waals surface area contributed by atoms with E-state index in [1.807, 2.05) is 12.1 Å². The normalized spacial score (nSPS) is 21.7. The maximum Gasteiger partial charge on any atom is 0.0595 e. The fraction of sp³-hybridized carbons (Fsp3) is 0.538. The van der Waals surface area contributed by atoms with Crippen molar-refractivity contribution in [3.05, 3.63) is 33.8 Å². The quantitative estimate of drug-likeness (QED) is 0.902. The highest BCUT2D eigenvalue weighted by Gasteiger charge is 2.17. The molecule has 2 rings (SSSR count). The highest BCUT2D eigenvalue weighted by Crippen LogP contribution is 2.27. The lowest BCUT2D eigenvalue weighted by molar-refractivity contribution is 0.101. The van der Waals surface area contributed by atoms with E-state index in [-0.39, 0.29) is 6.04 Å². The summed E-state index contributed by atoms with van der Waals surface area (Å²) in [7, 11) is 0. The predicted octanol–water partition coefficient (Wildman–Crippen LogP) is 3.95.